The van der Waals surface area contributed by atoms with Crippen molar-refractivity contribution in [3.63, 3.8) is 0 Å². The summed E-state index contributed by atoms with van der Waals surface area (Å²) in [6.07, 6.45) is 0. The number of carbonyl (C=O) groups excluding carboxylic acids is 1. The molecular weight excluding hydrogens is 194 g/mol. The van der Waals surface area contributed by atoms with Gasteiger partial charge >= 0.3 is 0 Å². The van der Waals surface area contributed by atoms with E-state index in [1.54, 1.807) is 6.92 Å². The molecule has 1 unspecified atom stereocenters. The number of rotatable bonds is 1. The van der Waals surface area contributed by atoms with Gasteiger partial charge in [-0.25, -0.2) is 0 Å². The first-order chi connectivity index (χ1) is 7.14. The van der Waals surface area contributed by atoms with E-state index < -0.39 is 5.41 Å². The van der Waals surface area contributed by atoms with Gasteiger partial charge < -0.3 is 4.74 Å². The van der Waals surface area contributed by atoms with E-state index in [-0.39, 0.29) is 12.6 Å². The Morgan fingerprint density at radius 1 is 1.40 bits per heavy atom. The van der Waals surface area contributed by atoms with Crippen molar-refractivity contribution in [3.05, 3.63) is 35.9 Å². The molecule has 1 amide bonds. The van der Waals surface area contributed by atoms with Gasteiger partial charge in [0.25, 0.3) is 5.91 Å². The van der Waals surface area contributed by atoms with Crippen LogP contribution in [0.1, 0.15) is 12.5 Å². The third kappa shape index (κ3) is 1.62. The number of carbonyl (C=O) groups is 1. The first kappa shape index (κ1) is 10.1. The molecule has 4 nitrogen and oxygen atoms in total. The Morgan fingerprint density at radius 2 is 2.07 bits per heavy atom. The van der Waals surface area contributed by atoms with Crippen LogP contribution in [0.3, 0.4) is 0 Å². The lowest BCUT2D eigenvalue weighted by Gasteiger charge is -2.36. The summed E-state index contributed by atoms with van der Waals surface area (Å²) in [5.74, 6) is -0.319. The Hall–Kier alpha value is -1.39. The molecule has 1 aromatic rings. The van der Waals surface area contributed by atoms with Gasteiger partial charge in [-0.15, -0.1) is 0 Å². The third-order valence-corrected chi connectivity index (χ3v) is 2.72. The van der Waals surface area contributed by atoms with Crippen molar-refractivity contribution in [2.45, 2.75) is 12.3 Å². The second kappa shape index (κ2) is 3.64. The average molecular weight is 207 g/mol. The molecule has 0 aliphatic carbocycles. The third-order valence-electron chi connectivity index (χ3n) is 2.72. The number of hydrogen-bond acceptors (Lipinski definition) is 3. The lowest BCUT2D eigenvalue weighted by Crippen LogP contribution is -2.52. The molecule has 1 heterocycles. The standard InChI is InChI=1S/C11H13NO3/c1-11(9-5-3-2-4-6-9)7-15-8-12(14)10(11)13/h2-6,14H,7-8H2,1H3. The molecule has 0 saturated carbocycles. The van der Waals surface area contributed by atoms with Gasteiger partial charge in [0.15, 0.2) is 0 Å². The highest BCUT2D eigenvalue weighted by Gasteiger charge is 2.41. The summed E-state index contributed by atoms with van der Waals surface area (Å²) in [6.45, 7) is 2.02. The molecule has 1 aromatic carbocycles. The van der Waals surface area contributed by atoms with E-state index >= 15 is 0 Å². The zero-order chi connectivity index (χ0) is 10.9. The second-order valence-electron chi connectivity index (χ2n) is 3.88. The maximum absolute atomic E-state index is 11.8. The smallest absolute Gasteiger partial charge is 0.260 e. The summed E-state index contributed by atoms with van der Waals surface area (Å²) in [4.78, 5) is 11.8. The Bertz CT molecular complexity index is 365. The number of nitrogens with zero attached hydrogens (tertiary/aromatic N) is 1. The Kier molecular flexibility index (Phi) is 2.46. The highest BCUT2D eigenvalue weighted by Crippen LogP contribution is 2.28. The topological polar surface area (TPSA) is 49.8 Å². The SMILES string of the molecule is CC1(c2ccccc2)COCN(O)C1=O. The Labute approximate surface area is 88.0 Å². The van der Waals surface area contributed by atoms with Gasteiger partial charge in [-0.1, -0.05) is 30.3 Å². The van der Waals surface area contributed by atoms with E-state index in [1.807, 2.05) is 30.3 Å². The largest absolute Gasteiger partial charge is 0.357 e. The van der Waals surface area contributed by atoms with Crippen molar-refractivity contribution < 1.29 is 14.7 Å². The van der Waals surface area contributed by atoms with Crippen molar-refractivity contribution in [1.29, 1.82) is 0 Å². The van der Waals surface area contributed by atoms with Crippen LogP contribution in [0.15, 0.2) is 30.3 Å². The van der Waals surface area contributed by atoms with Crippen LogP contribution in [0.2, 0.25) is 0 Å². The van der Waals surface area contributed by atoms with Crippen LogP contribution in [0.25, 0.3) is 0 Å². The van der Waals surface area contributed by atoms with E-state index in [0.29, 0.717) is 11.7 Å². The number of ether oxygens (including phenoxy) is 1. The zero-order valence-electron chi connectivity index (χ0n) is 8.51. The van der Waals surface area contributed by atoms with Gasteiger partial charge in [-0.05, 0) is 12.5 Å². The van der Waals surface area contributed by atoms with E-state index in [2.05, 4.69) is 0 Å². The fraction of sp³-hybridized carbons (Fsp3) is 0.364. The molecule has 1 aliphatic heterocycles. The predicted molar refractivity (Wildman–Crippen MR) is 53.2 cm³/mol. The molecule has 0 radical (unpaired) electrons. The van der Waals surface area contributed by atoms with E-state index in [0.717, 1.165) is 5.56 Å². The van der Waals surface area contributed by atoms with Crippen molar-refractivity contribution in [1.82, 2.24) is 5.06 Å². The molecule has 0 spiro atoms. The molecule has 80 valence electrons. The quantitative estimate of drug-likeness (QED) is 0.703. The van der Waals surface area contributed by atoms with E-state index in [4.69, 9.17) is 4.74 Å². The van der Waals surface area contributed by atoms with Crippen LogP contribution in [-0.4, -0.2) is 29.5 Å². The van der Waals surface area contributed by atoms with E-state index in [9.17, 15) is 10.0 Å². The van der Waals surface area contributed by atoms with Crippen molar-refractivity contribution in [2.24, 2.45) is 0 Å². The minimum Gasteiger partial charge on any atom is -0.357 e. The second-order valence-corrected chi connectivity index (χ2v) is 3.88. The average Bonchev–Trinajstić information content (AvgIpc) is 2.27. The lowest BCUT2D eigenvalue weighted by atomic mass is 9.81. The maximum Gasteiger partial charge on any atom is 0.260 e. The van der Waals surface area contributed by atoms with Gasteiger partial charge in [0.05, 0.1) is 12.0 Å². The number of amides is 1. The summed E-state index contributed by atoms with van der Waals surface area (Å²) in [5, 5.41) is 9.95. The zero-order valence-corrected chi connectivity index (χ0v) is 8.51. The van der Waals surface area contributed by atoms with Gasteiger partial charge in [-0.2, -0.15) is 5.06 Å². The highest BCUT2D eigenvalue weighted by molar-refractivity contribution is 5.87. The van der Waals surface area contributed by atoms with Gasteiger partial charge in [0.1, 0.15) is 6.73 Å². The molecular formula is C11H13NO3. The Balaban J connectivity index is 2.37. The first-order valence-corrected chi connectivity index (χ1v) is 4.79. The summed E-state index contributed by atoms with van der Waals surface area (Å²) in [5.41, 5.74) is 0.0719. The van der Waals surface area contributed by atoms with Crippen LogP contribution >= 0.6 is 0 Å². The van der Waals surface area contributed by atoms with Crippen molar-refractivity contribution in [2.75, 3.05) is 13.3 Å². The molecule has 1 aliphatic rings. The lowest BCUT2D eigenvalue weighted by molar-refractivity contribution is -0.213. The summed E-state index contributed by atoms with van der Waals surface area (Å²) >= 11 is 0. The monoisotopic (exact) mass is 207 g/mol. The minimum absolute atomic E-state index is 0.0543. The molecule has 0 aromatic heterocycles. The van der Waals surface area contributed by atoms with E-state index in [1.165, 1.54) is 0 Å². The van der Waals surface area contributed by atoms with Gasteiger partial charge in [0.2, 0.25) is 0 Å². The fourth-order valence-corrected chi connectivity index (χ4v) is 1.75. The summed E-state index contributed by atoms with van der Waals surface area (Å²) in [6, 6.07) is 9.34. The normalized spacial score (nSPS) is 26.8. The molecule has 15 heavy (non-hydrogen) atoms. The van der Waals surface area contributed by atoms with Crippen LogP contribution < -0.4 is 0 Å². The van der Waals surface area contributed by atoms with Crippen LogP contribution in [0.5, 0.6) is 0 Å². The molecule has 1 atom stereocenters. The fourth-order valence-electron chi connectivity index (χ4n) is 1.75. The molecule has 0 bridgehead atoms. The van der Waals surface area contributed by atoms with Crippen LogP contribution in [0.4, 0.5) is 0 Å². The molecule has 1 fully saturated rings. The van der Waals surface area contributed by atoms with Crippen LogP contribution in [-0.2, 0) is 14.9 Å². The van der Waals surface area contributed by atoms with Gasteiger partial charge in [-0.3, -0.25) is 10.0 Å². The molecule has 4 heteroatoms. The Morgan fingerprint density at radius 3 is 2.73 bits per heavy atom. The van der Waals surface area contributed by atoms with Crippen LogP contribution in [0, 0.1) is 0 Å². The van der Waals surface area contributed by atoms with Crippen molar-refractivity contribution in [3.8, 4) is 0 Å². The highest BCUT2D eigenvalue weighted by atomic mass is 16.6. The number of hydrogen-bond donors (Lipinski definition) is 1. The summed E-state index contributed by atoms with van der Waals surface area (Å²) < 4.78 is 5.18. The minimum atomic E-state index is -0.783. The maximum atomic E-state index is 11.8. The van der Waals surface area contributed by atoms with Gasteiger partial charge in [0, 0.05) is 0 Å². The predicted octanol–water partition coefficient (Wildman–Crippen LogP) is 1.15. The number of hydroxylamine groups is 2. The molecule has 1 N–H and O–H groups in total. The molecule has 1 saturated heterocycles. The first-order valence-electron chi connectivity index (χ1n) is 4.79. The summed E-state index contributed by atoms with van der Waals surface area (Å²) in [7, 11) is 0. The number of benzene rings is 1. The molecule has 2 rings (SSSR count). The van der Waals surface area contributed by atoms with Crippen molar-refractivity contribution >= 4 is 5.91 Å².